The molecule has 11 heteroatoms. The van der Waals surface area contributed by atoms with E-state index in [2.05, 4.69) is 10.1 Å². The smallest absolute Gasteiger partial charge is 0.284 e. The van der Waals surface area contributed by atoms with Crippen LogP contribution in [0.3, 0.4) is 0 Å². The van der Waals surface area contributed by atoms with Crippen molar-refractivity contribution in [2.24, 2.45) is 0 Å². The fourth-order valence-electron chi connectivity index (χ4n) is 3.78. The highest BCUT2D eigenvalue weighted by Crippen LogP contribution is 2.30. The van der Waals surface area contributed by atoms with E-state index >= 15 is 0 Å². The average Bonchev–Trinajstić information content (AvgIpc) is 3.49. The first-order chi connectivity index (χ1) is 15.4. The van der Waals surface area contributed by atoms with E-state index in [-0.39, 0.29) is 23.9 Å². The van der Waals surface area contributed by atoms with E-state index < -0.39 is 22.5 Å². The lowest BCUT2D eigenvalue weighted by Crippen LogP contribution is -2.33. The summed E-state index contributed by atoms with van der Waals surface area (Å²) in [6, 6.07) is 9.97. The van der Waals surface area contributed by atoms with E-state index in [1.54, 1.807) is 30.3 Å². The van der Waals surface area contributed by atoms with Gasteiger partial charge in [-0.3, -0.25) is 4.79 Å². The monoisotopic (exact) mass is 472 g/mol. The highest BCUT2D eigenvalue weighted by Gasteiger charge is 2.34. The number of pyridine rings is 1. The Labute approximate surface area is 187 Å². The van der Waals surface area contributed by atoms with E-state index in [0.717, 1.165) is 4.09 Å². The van der Waals surface area contributed by atoms with Crippen LogP contribution >= 0.6 is 11.6 Å². The Morgan fingerprint density at radius 3 is 2.81 bits per heavy atom. The Kier molecular flexibility index (Phi) is 5.00. The Morgan fingerprint density at radius 1 is 1.25 bits per heavy atom. The van der Waals surface area contributed by atoms with Crippen LogP contribution in [0.4, 0.5) is 0 Å². The second kappa shape index (κ2) is 7.73. The van der Waals surface area contributed by atoms with Crippen molar-refractivity contribution in [2.45, 2.75) is 23.9 Å². The third kappa shape index (κ3) is 3.36. The van der Waals surface area contributed by atoms with Crippen molar-refractivity contribution >= 4 is 38.6 Å². The fraction of sp³-hybridized carbons (Fsp3) is 0.190. The number of halogens is 1. The minimum absolute atomic E-state index is 0.0143. The first kappa shape index (κ1) is 20.7. The quantitative estimate of drug-likeness (QED) is 0.474. The maximum absolute atomic E-state index is 13.0. The minimum atomic E-state index is -3.95. The number of furan rings is 1. The first-order valence-corrected chi connectivity index (χ1v) is 11.5. The van der Waals surface area contributed by atoms with Crippen molar-refractivity contribution in [1.82, 2.24) is 19.1 Å². The normalized spacial score (nSPS) is 14.6. The van der Waals surface area contributed by atoms with Gasteiger partial charge in [-0.05, 0) is 23.8 Å². The number of aromatic nitrogens is 3. The van der Waals surface area contributed by atoms with Gasteiger partial charge in [0, 0.05) is 28.7 Å². The largest absolute Gasteiger partial charge is 0.446 e. The molecule has 0 radical (unpaired) electrons. The number of fused-ring (bicyclic) bond motifs is 2. The van der Waals surface area contributed by atoms with Gasteiger partial charge in [-0.1, -0.05) is 29.8 Å². The van der Waals surface area contributed by atoms with Crippen LogP contribution < -0.4 is 0 Å². The van der Waals surface area contributed by atoms with Crippen molar-refractivity contribution in [3.05, 3.63) is 76.9 Å². The van der Waals surface area contributed by atoms with Crippen LogP contribution in [0, 0.1) is 0 Å². The zero-order valence-corrected chi connectivity index (χ0v) is 18.1. The van der Waals surface area contributed by atoms with Crippen LogP contribution in [-0.2, 0) is 27.9 Å². The molecule has 0 bridgehead atoms. The molecule has 1 atom stereocenters. The molecule has 0 fully saturated rings. The molecular weight excluding hydrogens is 456 g/mol. The van der Waals surface area contributed by atoms with Gasteiger partial charge in [0.2, 0.25) is 11.6 Å². The topological polar surface area (TPSA) is 119 Å². The van der Waals surface area contributed by atoms with Crippen LogP contribution in [-0.4, -0.2) is 45.1 Å². The van der Waals surface area contributed by atoms with Crippen LogP contribution in [0.1, 0.15) is 22.7 Å². The minimum Gasteiger partial charge on any atom is -0.446 e. The van der Waals surface area contributed by atoms with Crippen molar-refractivity contribution in [3.63, 3.8) is 0 Å². The number of carbonyl (C=O) groups is 1. The second-order valence-corrected chi connectivity index (χ2v) is 9.62. The van der Waals surface area contributed by atoms with Crippen LogP contribution in [0.25, 0.3) is 11.1 Å². The molecule has 32 heavy (non-hydrogen) atoms. The van der Waals surface area contributed by atoms with Gasteiger partial charge in [0.15, 0.2) is 0 Å². The third-order valence-electron chi connectivity index (χ3n) is 5.46. The third-order valence-corrected chi connectivity index (χ3v) is 7.30. The van der Waals surface area contributed by atoms with Gasteiger partial charge in [0.1, 0.15) is 4.90 Å². The van der Waals surface area contributed by atoms with Crippen molar-refractivity contribution in [2.75, 3.05) is 6.61 Å². The molecule has 1 aromatic carbocycles. The summed E-state index contributed by atoms with van der Waals surface area (Å²) in [7, 11) is -3.95. The molecule has 0 saturated heterocycles. The van der Waals surface area contributed by atoms with Gasteiger partial charge in [-0.15, -0.1) is 0 Å². The number of benzene rings is 1. The molecular formula is C21H17ClN4O5S. The molecule has 0 spiro atoms. The molecule has 1 aliphatic heterocycles. The first-order valence-electron chi connectivity index (χ1n) is 9.69. The van der Waals surface area contributed by atoms with Crippen molar-refractivity contribution in [1.29, 1.82) is 0 Å². The lowest BCUT2D eigenvalue weighted by atomic mass is 9.98. The lowest BCUT2D eigenvalue weighted by Gasteiger charge is -2.22. The summed E-state index contributed by atoms with van der Waals surface area (Å²) in [5.41, 5.74) is 1.99. The van der Waals surface area contributed by atoms with Crippen molar-refractivity contribution in [3.8, 4) is 0 Å². The zero-order valence-electron chi connectivity index (χ0n) is 16.6. The van der Waals surface area contributed by atoms with Crippen molar-refractivity contribution < 1.29 is 22.7 Å². The zero-order chi connectivity index (χ0) is 22.5. The molecule has 0 unspecified atom stereocenters. The summed E-state index contributed by atoms with van der Waals surface area (Å²) in [5.74, 6) is -1.11. The average molecular weight is 473 g/mol. The lowest BCUT2D eigenvalue weighted by molar-refractivity contribution is -0.134. The number of rotatable bonds is 5. The van der Waals surface area contributed by atoms with Gasteiger partial charge in [0.25, 0.3) is 10.0 Å². The molecule has 9 nitrogen and oxygen atoms in total. The Bertz CT molecular complexity index is 1420. The van der Waals surface area contributed by atoms with Gasteiger partial charge in [-0.2, -0.15) is 17.6 Å². The highest BCUT2D eigenvalue weighted by molar-refractivity contribution is 7.89. The molecule has 1 amide bonds. The summed E-state index contributed by atoms with van der Waals surface area (Å²) in [4.78, 5) is 18.6. The second-order valence-electron chi connectivity index (χ2n) is 7.42. The fourth-order valence-corrected chi connectivity index (χ4v) is 5.20. The summed E-state index contributed by atoms with van der Waals surface area (Å²) in [6.45, 7) is -0.0745. The SMILES string of the molecule is O=C([C@H](CO)c1ccccc1Cl)N1Cc2cn(S(=O)(=O)c3cnc4occc4c3)nc2C1. The number of aliphatic hydroxyl groups excluding tert-OH is 1. The van der Waals surface area contributed by atoms with Crippen LogP contribution in [0.15, 0.2) is 64.4 Å². The predicted octanol–water partition coefficient (Wildman–Crippen LogP) is 2.53. The molecule has 164 valence electrons. The Morgan fingerprint density at radius 2 is 2.06 bits per heavy atom. The molecule has 0 saturated carbocycles. The van der Waals surface area contributed by atoms with Gasteiger partial charge in [-0.25, -0.2) is 4.98 Å². The molecule has 1 aliphatic rings. The predicted molar refractivity (Wildman–Crippen MR) is 114 cm³/mol. The summed E-state index contributed by atoms with van der Waals surface area (Å²) in [5, 5.41) is 15.0. The van der Waals surface area contributed by atoms with Gasteiger partial charge >= 0.3 is 0 Å². The van der Waals surface area contributed by atoms with E-state index in [1.807, 2.05) is 0 Å². The van der Waals surface area contributed by atoms with E-state index in [0.29, 0.717) is 32.9 Å². The number of hydrogen-bond donors (Lipinski definition) is 1. The van der Waals surface area contributed by atoms with E-state index in [9.17, 15) is 18.3 Å². The Balaban J connectivity index is 1.38. The van der Waals surface area contributed by atoms with Gasteiger partial charge < -0.3 is 14.4 Å². The number of nitrogens with zero attached hydrogens (tertiary/aromatic N) is 4. The summed E-state index contributed by atoms with van der Waals surface area (Å²) >= 11 is 6.20. The number of hydrogen-bond acceptors (Lipinski definition) is 7. The highest BCUT2D eigenvalue weighted by atomic mass is 35.5. The maximum Gasteiger partial charge on any atom is 0.284 e. The number of aliphatic hydroxyl groups is 1. The molecule has 0 aliphatic carbocycles. The molecule has 4 aromatic rings. The van der Waals surface area contributed by atoms with Crippen LogP contribution in [0.5, 0.6) is 0 Å². The van der Waals surface area contributed by atoms with Gasteiger partial charge in [0.05, 0.1) is 37.2 Å². The van der Waals surface area contributed by atoms with E-state index in [1.165, 1.54) is 29.6 Å². The molecule has 4 heterocycles. The molecule has 5 rings (SSSR count). The number of carbonyl (C=O) groups excluding carboxylic acids is 1. The number of amides is 1. The summed E-state index contributed by atoms with van der Waals surface area (Å²) < 4.78 is 32.1. The summed E-state index contributed by atoms with van der Waals surface area (Å²) in [6.07, 6.45) is 4.06. The maximum atomic E-state index is 13.0. The Hall–Kier alpha value is -3.21. The molecule has 3 aromatic heterocycles. The standard InChI is InChI=1S/C21H17ClN4O5S/c22-18-4-2-1-3-16(18)17(12-27)21(28)25-9-14-10-26(24-19(14)11-25)32(29,30)15-7-13-5-6-31-20(13)23-8-15/h1-8,10,17,27H,9,11-12H2/t17-/m1/s1. The van der Waals surface area contributed by atoms with E-state index in [4.69, 9.17) is 16.0 Å². The molecule has 1 N–H and O–H groups in total. The van der Waals surface area contributed by atoms with Crippen LogP contribution in [0.2, 0.25) is 5.02 Å².